The lowest BCUT2D eigenvalue weighted by atomic mass is 10.1. The van der Waals surface area contributed by atoms with Crippen molar-refractivity contribution in [3.8, 4) is 0 Å². The van der Waals surface area contributed by atoms with Crippen molar-refractivity contribution in [2.24, 2.45) is 0 Å². The minimum Gasteiger partial charge on any atom is -0.264 e. The van der Waals surface area contributed by atoms with Gasteiger partial charge >= 0.3 is 20.8 Å². The van der Waals surface area contributed by atoms with Crippen LogP contribution >= 0.6 is 0 Å². The predicted octanol–water partition coefficient (Wildman–Crippen LogP) is 1.30. The van der Waals surface area contributed by atoms with E-state index in [1.165, 1.54) is 0 Å². The van der Waals surface area contributed by atoms with Crippen molar-refractivity contribution in [2.75, 3.05) is 0 Å². The highest BCUT2D eigenvalue weighted by atomic mass is 32.3. The Hall–Kier alpha value is -1.04. The molecule has 1 rings (SSSR count). The van der Waals surface area contributed by atoms with E-state index in [0.717, 1.165) is 5.56 Å². The van der Waals surface area contributed by atoms with Crippen molar-refractivity contribution in [1.82, 2.24) is 0 Å². The van der Waals surface area contributed by atoms with Crippen LogP contribution in [0.3, 0.4) is 0 Å². The summed E-state index contributed by atoms with van der Waals surface area (Å²) in [6.45, 7) is 1.78. The van der Waals surface area contributed by atoms with Crippen LogP contribution in [-0.2, 0) is 25.0 Å². The van der Waals surface area contributed by atoms with E-state index in [1.807, 2.05) is 6.07 Å². The van der Waals surface area contributed by atoms with E-state index in [0.29, 0.717) is 6.42 Å². The fourth-order valence-corrected chi connectivity index (χ4v) is 1.71. The summed E-state index contributed by atoms with van der Waals surface area (Å²) in [4.78, 5) is 0. The Morgan fingerprint density at radius 3 is 1.79 bits per heavy atom. The van der Waals surface area contributed by atoms with E-state index in [-0.39, 0.29) is 0 Å². The van der Waals surface area contributed by atoms with Gasteiger partial charge < -0.3 is 0 Å². The molecule has 0 aliphatic rings. The molecule has 0 heterocycles. The third-order valence-corrected chi connectivity index (χ3v) is 2.26. The van der Waals surface area contributed by atoms with Crippen molar-refractivity contribution in [2.45, 2.75) is 19.4 Å². The molecular formula is C9H14O8S2. The van der Waals surface area contributed by atoms with Gasteiger partial charge in [-0.3, -0.25) is 13.7 Å². The van der Waals surface area contributed by atoms with Crippen LogP contribution in [0.2, 0.25) is 0 Å². The molecule has 3 N–H and O–H groups in total. The summed E-state index contributed by atoms with van der Waals surface area (Å²) in [5.74, 6) is 0. The third kappa shape index (κ3) is 11.8. The molecule has 0 spiro atoms. The van der Waals surface area contributed by atoms with Crippen LogP contribution in [0.25, 0.3) is 0 Å². The summed E-state index contributed by atoms with van der Waals surface area (Å²) in [6, 6.07) is 8.89. The van der Waals surface area contributed by atoms with Gasteiger partial charge in [-0.1, -0.05) is 37.3 Å². The van der Waals surface area contributed by atoms with Gasteiger partial charge in [0.25, 0.3) is 0 Å². The van der Waals surface area contributed by atoms with E-state index in [1.54, 1.807) is 31.2 Å². The summed E-state index contributed by atoms with van der Waals surface area (Å²) in [5.41, 5.74) is 0.729. The number of rotatable bonds is 4. The quantitative estimate of drug-likeness (QED) is 0.707. The lowest BCUT2D eigenvalue weighted by Gasteiger charge is -2.12. The van der Waals surface area contributed by atoms with Crippen molar-refractivity contribution >= 4 is 20.8 Å². The zero-order valence-electron chi connectivity index (χ0n) is 9.87. The highest BCUT2D eigenvalue weighted by Gasteiger charge is 2.16. The van der Waals surface area contributed by atoms with Gasteiger partial charge in [0.2, 0.25) is 0 Å². The second kappa shape index (κ2) is 7.53. The van der Waals surface area contributed by atoms with Gasteiger partial charge in [0.15, 0.2) is 0 Å². The van der Waals surface area contributed by atoms with Gasteiger partial charge in [-0.2, -0.15) is 16.8 Å². The number of hydrogen-bond acceptors (Lipinski definition) is 5. The molecule has 19 heavy (non-hydrogen) atoms. The van der Waals surface area contributed by atoms with Crippen LogP contribution in [0.15, 0.2) is 30.3 Å². The predicted molar refractivity (Wildman–Crippen MR) is 66.3 cm³/mol. The lowest BCUT2D eigenvalue weighted by molar-refractivity contribution is 0.180. The first-order valence-corrected chi connectivity index (χ1v) is 7.69. The topological polar surface area (TPSA) is 138 Å². The van der Waals surface area contributed by atoms with Gasteiger partial charge in [-0.15, -0.1) is 0 Å². The highest BCUT2D eigenvalue weighted by molar-refractivity contribution is 7.80. The normalized spacial score (nSPS) is 13.3. The highest BCUT2D eigenvalue weighted by Crippen LogP contribution is 2.21. The molecule has 0 saturated heterocycles. The summed E-state index contributed by atoms with van der Waals surface area (Å²) >= 11 is 0. The van der Waals surface area contributed by atoms with Gasteiger partial charge in [0, 0.05) is 0 Å². The third-order valence-electron chi connectivity index (χ3n) is 1.78. The molecule has 1 unspecified atom stereocenters. The molecule has 1 aromatic rings. The Balaban J connectivity index is 0.000000555. The summed E-state index contributed by atoms with van der Waals surface area (Å²) in [7, 11) is -9.05. The maximum Gasteiger partial charge on any atom is 0.397 e. The second-order valence-corrected chi connectivity index (χ2v) is 5.22. The van der Waals surface area contributed by atoms with E-state index in [9.17, 15) is 8.42 Å². The van der Waals surface area contributed by atoms with Crippen molar-refractivity contribution in [3.63, 3.8) is 0 Å². The van der Waals surface area contributed by atoms with Crippen LogP contribution < -0.4 is 0 Å². The number of benzene rings is 1. The maximum absolute atomic E-state index is 10.5. The average Bonchev–Trinajstić information content (AvgIpc) is 2.23. The van der Waals surface area contributed by atoms with Gasteiger partial charge in [-0.05, 0) is 12.0 Å². The molecule has 0 aliphatic heterocycles. The fraction of sp³-hybridized carbons (Fsp3) is 0.333. The summed E-state index contributed by atoms with van der Waals surface area (Å²) in [6.07, 6.45) is -0.143. The molecule has 1 atom stereocenters. The average molecular weight is 314 g/mol. The molecule has 0 saturated carbocycles. The fourth-order valence-electron chi connectivity index (χ4n) is 1.17. The first-order chi connectivity index (χ1) is 8.53. The van der Waals surface area contributed by atoms with E-state index >= 15 is 0 Å². The van der Waals surface area contributed by atoms with Crippen LogP contribution in [0, 0.1) is 0 Å². The molecule has 0 radical (unpaired) electrons. The van der Waals surface area contributed by atoms with Crippen LogP contribution in [-0.4, -0.2) is 30.5 Å². The van der Waals surface area contributed by atoms with E-state index in [4.69, 9.17) is 22.1 Å². The standard InChI is InChI=1S/C9H12O4S.H2O4S/c1-2-9(13-14(10,11)12)8-6-4-3-5-7-8;1-5(2,3)4/h3-7,9H,2H2,1H3,(H,10,11,12);(H2,1,2,3,4). The Labute approximate surface area is 111 Å². The van der Waals surface area contributed by atoms with Crippen LogP contribution in [0.4, 0.5) is 0 Å². The summed E-state index contributed by atoms with van der Waals surface area (Å²) < 4.78 is 65.6. The molecule has 0 aromatic heterocycles. The molecule has 1 aromatic carbocycles. The van der Waals surface area contributed by atoms with Crippen molar-refractivity contribution in [1.29, 1.82) is 0 Å². The van der Waals surface area contributed by atoms with Gasteiger partial charge in [-0.25, -0.2) is 4.18 Å². The minimum atomic E-state index is -4.67. The largest absolute Gasteiger partial charge is 0.397 e. The van der Waals surface area contributed by atoms with Crippen LogP contribution in [0.1, 0.15) is 25.0 Å². The Morgan fingerprint density at radius 1 is 1.05 bits per heavy atom. The molecule has 0 fully saturated rings. The van der Waals surface area contributed by atoms with E-state index in [2.05, 4.69) is 4.18 Å². The molecule has 0 bridgehead atoms. The smallest absolute Gasteiger partial charge is 0.264 e. The monoisotopic (exact) mass is 314 g/mol. The number of hydrogen-bond donors (Lipinski definition) is 3. The van der Waals surface area contributed by atoms with Crippen molar-refractivity contribution < 1.29 is 34.7 Å². The lowest BCUT2D eigenvalue weighted by Crippen LogP contribution is -2.10. The van der Waals surface area contributed by atoms with Gasteiger partial charge in [0.05, 0.1) is 0 Å². The SMILES string of the molecule is CCC(OS(=O)(=O)O)c1ccccc1.O=S(=O)(O)O. The maximum atomic E-state index is 10.5. The molecule has 0 amide bonds. The first-order valence-electron chi connectivity index (χ1n) is 4.93. The second-order valence-electron chi connectivity index (χ2n) is 3.28. The minimum absolute atomic E-state index is 0.476. The summed E-state index contributed by atoms with van der Waals surface area (Å²) in [5, 5.41) is 0. The van der Waals surface area contributed by atoms with E-state index < -0.39 is 26.9 Å². The Kier molecular flexibility index (Phi) is 7.11. The van der Waals surface area contributed by atoms with Crippen molar-refractivity contribution in [3.05, 3.63) is 35.9 Å². The molecule has 0 aliphatic carbocycles. The van der Waals surface area contributed by atoms with Crippen LogP contribution in [0.5, 0.6) is 0 Å². The zero-order chi connectivity index (χ0) is 15.1. The Bertz CT molecular complexity index is 555. The zero-order valence-corrected chi connectivity index (χ0v) is 11.5. The molecular weight excluding hydrogens is 300 g/mol. The molecule has 8 nitrogen and oxygen atoms in total. The molecule has 110 valence electrons. The Morgan fingerprint density at radius 2 is 1.47 bits per heavy atom. The first kappa shape index (κ1) is 18.0. The molecule has 10 heteroatoms. The van der Waals surface area contributed by atoms with Gasteiger partial charge in [0.1, 0.15) is 6.10 Å².